The zero-order valence-corrected chi connectivity index (χ0v) is 22.9. The number of fused-ring (bicyclic) bond motifs is 1. The fourth-order valence-electron chi connectivity index (χ4n) is 5.99. The molecular formula is C29H30F7N5O2. The first-order valence-corrected chi connectivity index (χ1v) is 14.0. The molecule has 0 saturated heterocycles. The number of imidazole rings is 1. The first kappa shape index (κ1) is 30.7. The standard InChI is InChI=1S/C29H30F7N5O2/c30-26(31)18-2-1-3-19(27(37)43)24(18)23(15-6-9-28(32,33)10-7-15)20-14-41-21(39-20)12-17(13-38-41)25(16-4-5-16)40-22(42)8-11-29(34,35)36/h1-3,12-16,23,25-26H,4-11H2,(H2,37,43)(H,40,42)/t23-,25-/m1/s1. The fourth-order valence-corrected chi connectivity index (χ4v) is 5.99. The van der Waals surface area contributed by atoms with E-state index in [9.17, 15) is 40.3 Å². The number of amides is 2. The third-order valence-electron chi connectivity index (χ3n) is 8.27. The Hall–Kier alpha value is -3.71. The molecule has 5 rings (SSSR count). The second kappa shape index (κ2) is 11.8. The van der Waals surface area contributed by atoms with Gasteiger partial charge in [0.25, 0.3) is 6.43 Å². The number of halogens is 7. The van der Waals surface area contributed by atoms with E-state index in [-0.39, 0.29) is 41.2 Å². The summed E-state index contributed by atoms with van der Waals surface area (Å²) < 4.78 is 96.0. The number of rotatable bonds is 10. The van der Waals surface area contributed by atoms with Crippen molar-refractivity contribution in [1.82, 2.24) is 19.9 Å². The summed E-state index contributed by atoms with van der Waals surface area (Å²) in [7, 11) is 0. The molecule has 7 nitrogen and oxygen atoms in total. The summed E-state index contributed by atoms with van der Waals surface area (Å²) in [6.07, 6.45) is -5.91. The minimum atomic E-state index is -4.47. The summed E-state index contributed by atoms with van der Waals surface area (Å²) in [6, 6.07) is 4.78. The van der Waals surface area contributed by atoms with Crippen LogP contribution < -0.4 is 11.1 Å². The van der Waals surface area contributed by atoms with Crippen LogP contribution in [0.25, 0.3) is 5.65 Å². The van der Waals surface area contributed by atoms with Crippen LogP contribution in [0.15, 0.2) is 36.7 Å². The van der Waals surface area contributed by atoms with E-state index >= 15 is 0 Å². The molecule has 232 valence electrons. The van der Waals surface area contributed by atoms with Gasteiger partial charge in [0.15, 0.2) is 5.65 Å². The van der Waals surface area contributed by atoms with Gasteiger partial charge < -0.3 is 11.1 Å². The summed E-state index contributed by atoms with van der Waals surface area (Å²) in [5, 5.41) is 7.01. The summed E-state index contributed by atoms with van der Waals surface area (Å²) in [6.45, 7) is 0. The highest BCUT2D eigenvalue weighted by Gasteiger charge is 2.42. The second-order valence-electron chi connectivity index (χ2n) is 11.4. The van der Waals surface area contributed by atoms with E-state index in [4.69, 9.17) is 5.73 Å². The van der Waals surface area contributed by atoms with Gasteiger partial charge in [0.2, 0.25) is 17.7 Å². The Morgan fingerprint density at radius 2 is 1.79 bits per heavy atom. The Balaban J connectivity index is 1.53. The summed E-state index contributed by atoms with van der Waals surface area (Å²) >= 11 is 0. The van der Waals surface area contributed by atoms with Crippen molar-refractivity contribution in [1.29, 1.82) is 0 Å². The number of nitrogens with zero attached hydrogens (tertiary/aromatic N) is 3. The van der Waals surface area contributed by atoms with Gasteiger partial charge in [-0.15, -0.1) is 0 Å². The molecule has 3 aromatic rings. The van der Waals surface area contributed by atoms with Crippen LogP contribution >= 0.6 is 0 Å². The van der Waals surface area contributed by atoms with Crippen molar-refractivity contribution >= 4 is 17.5 Å². The van der Waals surface area contributed by atoms with Gasteiger partial charge in [0, 0.05) is 36.3 Å². The number of hydrogen-bond donors (Lipinski definition) is 2. The molecule has 0 aliphatic heterocycles. The average molecular weight is 614 g/mol. The molecule has 2 heterocycles. The number of hydrogen-bond acceptors (Lipinski definition) is 4. The van der Waals surface area contributed by atoms with E-state index in [2.05, 4.69) is 15.4 Å². The maximum atomic E-state index is 14.3. The van der Waals surface area contributed by atoms with Gasteiger partial charge in [-0.05, 0) is 60.8 Å². The molecule has 2 aromatic heterocycles. The number of benzene rings is 1. The number of carbonyl (C=O) groups excluding carboxylic acids is 2. The zero-order chi connectivity index (χ0) is 31.1. The maximum Gasteiger partial charge on any atom is 0.389 e. The van der Waals surface area contributed by atoms with Crippen molar-refractivity contribution in [2.75, 3.05) is 0 Å². The summed E-state index contributed by atoms with van der Waals surface area (Å²) in [5.41, 5.74) is 5.92. The minimum absolute atomic E-state index is 0.00113. The van der Waals surface area contributed by atoms with Gasteiger partial charge in [-0.2, -0.15) is 18.3 Å². The van der Waals surface area contributed by atoms with Crippen molar-refractivity contribution < 1.29 is 40.3 Å². The largest absolute Gasteiger partial charge is 0.389 e. The van der Waals surface area contributed by atoms with Crippen LogP contribution in [0.5, 0.6) is 0 Å². The molecule has 2 amide bonds. The number of aromatic nitrogens is 3. The lowest BCUT2D eigenvalue weighted by Gasteiger charge is -2.34. The molecule has 0 unspecified atom stereocenters. The molecule has 1 aromatic carbocycles. The SMILES string of the molecule is NC(=O)c1cccc(C(F)F)c1[C@@H](c1cn2ncc([C@H](NC(=O)CCC(F)(F)F)C3CC3)cc2n1)C1CCC(F)(F)CC1. The first-order valence-electron chi connectivity index (χ1n) is 14.0. The third-order valence-corrected chi connectivity index (χ3v) is 8.27. The van der Waals surface area contributed by atoms with Crippen LogP contribution in [-0.4, -0.2) is 38.5 Å². The topological polar surface area (TPSA) is 102 Å². The van der Waals surface area contributed by atoms with Crippen molar-refractivity contribution in [3.63, 3.8) is 0 Å². The van der Waals surface area contributed by atoms with E-state index in [1.807, 2.05) is 0 Å². The Kier molecular flexibility index (Phi) is 8.41. The number of nitrogens with two attached hydrogens (primary N) is 1. The highest BCUT2D eigenvalue weighted by atomic mass is 19.4. The lowest BCUT2D eigenvalue weighted by Crippen LogP contribution is -2.30. The molecule has 0 bridgehead atoms. The molecule has 14 heteroatoms. The normalized spacial score (nSPS) is 19.0. The number of primary amides is 1. The Labute approximate surface area is 242 Å². The van der Waals surface area contributed by atoms with Crippen molar-refractivity contribution in [2.24, 2.45) is 17.6 Å². The molecule has 2 atom stereocenters. The van der Waals surface area contributed by atoms with Gasteiger partial charge >= 0.3 is 6.18 Å². The quantitative estimate of drug-likeness (QED) is 0.251. The van der Waals surface area contributed by atoms with E-state index in [0.717, 1.165) is 12.8 Å². The summed E-state index contributed by atoms with van der Waals surface area (Å²) in [5.74, 6) is -6.13. The van der Waals surface area contributed by atoms with Crippen LogP contribution in [0.3, 0.4) is 0 Å². The van der Waals surface area contributed by atoms with Crippen LogP contribution in [0.1, 0.15) is 102 Å². The average Bonchev–Trinajstić information content (AvgIpc) is 3.69. The Morgan fingerprint density at radius 1 is 1.09 bits per heavy atom. The van der Waals surface area contributed by atoms with Crippen LogP contribution in [0.4, 0.5) is 30.7 Å². The predicted molar refractivity (Wildman–Crippen MR) is 141 cm³/mol. The van der Waals surface area contributed by atoms with Crippen LogP contribution in [-0.2, 0) is 4.79 Å². The lowest BCUT2D eigenvalue weighted by molar-refractivity contribution is -0.144. The summed E-state index contributed by atoms with van der Waals surface area (Å²) in [4.78, 5) is 29.3. The molecule has 3 N–H and O–H groups in total. The number of carbonyl (C=O) groups is 2. The van der Waals surface area contributed by atoms with Gasteiger partial charge in [-0.1, -0.05) is 12.1 Å². The molecule has 2 aliphatic carbocycles. The molecule has 0 radical (unpaired) electrons. The molecule has 2 aliphatic rings. The number of nitrogens with one attached hydrogen (secondary N) is 1. The van der Waals surface area contributed by atoms with Crippen molar-refractivity contribution in [3.05, 3.63) is 64.6 Å². The molecule has 2 fully saturated rings. The van der Waals surface area contributed by atoms with Gasteiger partial charge in [-0.25, -0.2) is 27.1 Å². The van der Waals surface area contributed by atoms with E-state index < -0.39 is 79.5 Å². The third kappa shape index (κ3) is 7.10. The minimum Gasteiger partial charge on any atom is -0.366 e. The molecule has 2 saturated carbocycles. The smallest absolute Gasteiger partial charge is 0.366 e. The zero-order valence-electron chi connectivity index (χ0n) is 22.9. The fraction of sp³-hybridized carbons (Fsp3) is 0.517. The van der Waals surface area contributed by atoms with E-state index in [1.54, 1.807) is 6.07 Å². The van der Waals surface area contributed by atoms with Crippen LogP contribution in [0.2, 0.25) is 0 Å². The number of alkyl halides is 7. The molecular weight excluding hydrogens is 583 g/mol. The Morgan fingerprint density at radius 3 is 2.40 bits per heavy atom. The van der Waals surface area contributed by atoms with Gasteiger partial charge in [-0.3, -0.25) is 9.59 Å². The van der Waals surface area contributed by atoms with E-state index in [1.165, 1.54) is 35.1 Å². The molecule has 43 heavy (non-hydrogen) atoms. The first-order chi connectivity index (χ1) is 20.2. The highest BCUT2D eigenvalue weighted by Crippen LogP contribution is 2.48. The highest BCUT2D eigenvalue weighted by molar-refractivity contribution is 5.95. The monoisotopic (exact) mass is 613 g/mol. The molecule has 0 spiro atoms. The van der Waals surface area contributed by atoms with Gasteiger partial charge in [0.1, 0.15) is 0 Å². The lowest BCUT2D eigenvalue weighted by atomic mass is 9.72. The van der Waals surface area contributed by atoms with Crippen molar-refractivity contribution in [2.45, 2.75) is 81.9 Å². The maximum absolute atomic E-state index is 14.3. The Bertz CT molecular complexity index is 1490. The van der Waals surface area contributed by atoms with E-state index in [0.29, 0.717) is 5.56 Å². The second-order valence-corrected chi connectivity index (χ2v) is 11.4. The van der Waals surface area contributed by atoms with Crippen molar-refractivity contribution in [3.8, 4) is 0 Å². The predicted octanol–water partition coefficient (Wildman–Crippen LogP) is 6.63. The van der Waals surface area contributed by atoms with Crippen LogP contribution in [0, 0.1) is 11.8 Å². The van der Waals surface area contributed by atoms with Gasteiger partial charge in [0.05, 0.1) is 30.6 Å².